The molecular weight excluding hydrogens is 378 g/mol. The third-order valence-electron chi connectivity index (χ3n) is 5.00. The van der Waals surface area contributed by atoms with Crippen molar-refractivity contribution in [1.29, 1.82) is 0 Å². The minimum atomic E-state index is -0.356. The molecule has 0 fully saturated rings. The number of thiophene rings is 1. The number of aryl methyl sites for hydroxylation is 2. The molecule has 2 heterocycles. The molecule has 0 bridgehead atoms. The van der Waals surface area contributed by atoms with Crippen LogP contribution in [0.4, 0.5) is 5.82 Å². The predicted octanol–water partition coefficient (Wildman–Crippen LogP) is 4.76. The fraction of sp³-hybridized carbons (Fsp3) is 0.217. The van der Waals surface area contributed by atoms with Gasteiger partial charge in [0.2, 0.25) is 0 Å². The van der Waals surface area contributed by atoms with Crippen LogP contribution in [0.15, 0.2) is 54.6 Å². The third kappa shape index (κ3) is 4.00. The Hall–Kier alpha value is -2.80. The number of aromatic nitrogens is 2. The van der Waals surface area contributed by atoms with Gasteiger partial charge in [-0.1, -0.05) is 42.0 Å². The summed E-state index contributed by atoms with van der Waals surface area (Å²) in [6.07, 6.45) is -0.356. The summed E-state index contributed by atoms with van der Waals surface area (Å²) in [5, 5.41) is 17.4. The lowest BCUT2D eigenvalue weighted by molar-refractivity contribution is 0.820. The van der Waals surface area contributed by atoms with Gasteiger partial charge >= 0.3 is 0 Å². The number of nitrogens with zero attached hydrogens (tertiary/aromatic N) is 2. The topological polar surface area (TPSA) is 75.9 Å². The van der Waals surface area contributed by atoms with Gasteiger partial charge in [-0.25, -0.2) is 0 Å². The summed E-state index contributed by atoms with van der Waals surface area (Å²) in [6.45, 7) is 4.88. The maximum Gasteiger partial charge on any atom is 0.158 e. The van der Waals surface area contributed by atoms with Gasteiger partial charge in [0, 0.05) is 27.1 Å². The Kier molecular flexibility index (Phi) is 5.58. The highest BCUT2D eigenvalue weighted by Gasteiger charge is 2.15. The second-order valence-corrected chi connectivity index (χ2v) is 8.31. The molecule has 4 aromatic rings. The average Bonchev–Trinajstić information content (AvgIpc) is 3.21. The van der Waals surface area contributed by atoms with Crippen molar-refractivity contribution >= 4 is 27.9 Å². The molecule has 0 saturated heterocycles. The van der Waals surface area contributed by atoms with Crippen molar-refractivity contribution in [2.45, 2.75) is 26.6 Å². The lowest BCUT2D eigenvalue weighted by Crippen LogP contribution is -2.20. The van der Waals surface area contributed by atoms with Crippen molar-refractivity contribution in [3.05, 3.63) is 76.3 Å². The molecule has 4 N–H and O–H groups in total. The monoisotopic (exact) mass is 403 g/mol. The first-order valence-electron chi connectivity index (χ1n) is 9.65. The summed E-state index contributed by atoms with van der Waals surface area (Å²) in [5.74, 6) is 0.715. The van der Waals surface area contributed by atoms with E-state index >= 15 is 0 Å². The fourth-order valence-electron chi connectivity index (χ4n) is 3.50. The second kappa shape index (κ2) is 8.29. The summed E-state index contributed by atoms with van der Waals surface area (Å²) in [5.41, 5.74) is 11.1. The van der Waals surface area contributed by atoms with E-state index < -0.39 is 0 Å². The third-order valence-corrected chi connectivity index (χ3v) is 6.20. The first-order chi connectivity index (χ1) is 14.1. The molecule has 2 aromatic carbocycles. The number of rotatable bonds is 6. The van der Waals surface area contributed by atoms with Gasteiger partial charge in [-0.15, -0.1) is 16.4 Å². The van der Waals surface area contributed by atoms with Crippen molar-refractivity contribution < 1.29 is 0 Å². The number of nitrogens with one attached hydrogen (secondary N) is 2. The van der Waals surface area contributed by atoms with Crippen molar-refractivity contribution in [3.63, 3.8) is 0 Å². The standard InChI is InChI=1S/C23H25N5S/c1-14-8-9-17-15(2)27-28-23(19(17)12-14)26-22(24)21-11-10-20(29-21)18-7-5-4-6-16(18)13-25-3/h4-12,22,25H,13,24H2,1-3H3,(H,26,28)/t22-/m0/s1. The Labute approximate surface area is 175 Å². The summed E-state index contributed by atoms with van der Waals surface area (Å²) in [6, 6.07) is 19.0. The van der Waals surface area contributed by atoms with Crippen LogP contribution in [0.1, 0.15) is 27.9 Å². The molecule has 0 unspecified atom stereocenters. The molecule has 4 rings (SSSR count). The molecule has 1 atom stereocenters. The van der Waals surface area contributed by atoms with Crippen LogP contribution >= 0.6 is 11.3 Å². The Balaban J connectivity index is 1.63. The molecule has 148 valence electrons. The number of benzene rings is 2. The number of hydrogen-bond donors (Lipinski definition) is 3. The predicted molar refractivity (Wildman–Crippen MR) is 122 cm³/mol. The first-order valence-corrected chi connectivity index (χ1v) is 10.5. The zero-order chi connectivity index (χ0) is 20.4. The number of anilines is 1. The van der Waals surface area contributed by atoms with E-state index in [1.807, 2.05) is 14.0 Å². The van der Waals surface area contributed by atoms with Crippen LogP contribution in [0.5, 0.6) is 0 Å². The molecule has 0 aliphatic carbocycles. The number of fused-ring (bicyclic) bond motifs is 1. The molecule has 0 spiro atoms. The van der Waals surface area contributed by atoms with E-state index in [2.05, 4.69) is 82.4 Å². The van der Waals surface area contributed by atoms with Crippen LogP contribution in [0.3, 0.4) is 0 Å². The van der Waals surface area contributed by atoms with E-state index in [-0.39, 0.29) is 6.17 Å². The van der Waals surface area contributed by atoms with Crippen LogP contribution < -0.4 is 16.4 Å². The van der Waals surface area contributed by atoms with Crippen LogP contribution in [0.25, 0.3) is 21.2 Å². The van der Waals surface area contributed by atoms with Gasteiger partial charge in [0.25, 0.3) is 0 Å². The van der Waals surface area contributed by atoms with Crippen molar-refractivity contribution in [1.82, 2.24) is 15.5 Å². The molecule has 0 amide bonds. The van der Waals surface area contributed by atoms with Gasteiger partial charge in [-0.2, -0.15) is 5.10 Å². The smallest absolute Gasteiger partial charge is 0.158 e. The Morgan fingerprint density at radius 1 is 1.00 bits per heavy atom. The van der Waals surface area contributed by atoms with E-state index in [9.17, 15) is 0 Å². The lowest BCUT2D eigenvalue weighted by atomic mass is 10.1. The SMILES string of the molecule is CNCc1ccccc1-c1ccc([C@@H](N)Nc2nnc(C)c3ccc(C)cc23)s1. The molecule has 0 saturated carbocycles. The molecule has 0 aliphatic rings. The average molecular weight is 404 g/mol. The van der Waals surface area contributed by atoms with Gasteiger partial charge in [-0.3, -0.25) is 0 Å². The van der Waals surface area contributed by atoms with E-state index in [0.717, 1.165) is 27.9 Å². The van der Waals surface area contributed by atoms with Crippen molar-refractivity contribution in [2.24, 2.45) is 5.73 Å². The Bertz CT molecular complexity index is 1150. The van der Waals surface area contributed by atoms with Gasteiger partial charge in [-0.05, 0) is 50.2 Å². The van der Waals surface area contributed by atoms with Gasteiger partial charge in [0.15, 0.2) is 5.82 Å². The van der Waals surface area contributed by atoms with Crippen molar-refractivity contribution in [2.75, 3.05) is 12.4 Å². The molecule has 29 heavy (non-hydrogen) atoms. The minimum Gasteiger partial charge on any atom is -0.348 e. The number of hydrogen-bond acceptors (Lipinski definition) is 6. The van der Waals surface area contributed by atoms with Crippen LogP contribution in [-0.4, -0.2) is 17.2 Å². The Morgan fingerprint density at radius 3 is 2.66 bits per heavy atom. The van der Waals surface area contributed by atoms with Crippen LogP contribution in [0, 0.1) is 13.8 Å². The molecule has 2 aromatic heterocycles. The molecule has 5 nitrogen and oxygen atoms in total. The highest BCUT2D eigenvalue weighted by Crippen LogP contribution is 2.34. The van der Waals surface area contributed by atoms with Crippen LogP contribution in [-0.2, 0) is 6.54 Å². The van der Waals surface area contributed by atoms with E-state index in [0.29, 0.717) is 5.82 Å². The van der Waals surface area contributed by atoms with Crippen molar-refractivity contribution in [3.8, 4) is 10.4 Å². The minimum absolute atomic E-state index is 0.356. The van der Waals surface area contributed by atoms with E-state index in [1.54, 1.807) is 11.3 Å². The largest absolute Gasteiger partial charge is 0.348 e. The Morgan fingerprint density at radius 2 is 1.83 bits per heavy atom. The maximum atomic E-state index is 6.50. The van der Waals surface area contributed by atoms with E-state index in [4.69, 9.17) is 5.73 Å². The highest BCUT2D eigenvalue weighted by atomic mass is 32.1. The van der Waals surface area contributed by atoms with Gasteiger partial charge in [0.1, 0.15) is 6.17 Å². The molecule has 0 aliphatic heterocycles. The first kappa shape index (κ1) is 19.5. The maximum absolute atomic E-state index is 6.50. The number of nitrogens with two attached hydrogens (primary N) is 1. The van der Waals surface area contributed by atoms with E-state index in [1.165, 1.54) is 21.6 Å². The molecule has 0 radical (unpaired) electrons. The van der Waals surface area contributed by atoms with Gasteiger partial charge in [0.05, 0.1) is 5.69 Å². The zero-order valence-electron chi connectivity index (χ0n) is 16.9. The molecule has 6 heteroatoms. The normalized spacial score (nSPS) is 12.3. The lowest BCUT2D eigenvalue weighted by Gasteiger charge is -2.15. The summed E-state index contributed by atoms with van der Waals surface area (Å²) in [4.78, 5) is 2.27. The summed E-state index contributed by atoms with van der Waals surface area (Å²) >= 11 is 1.70. The zero-order valence-corrected chi connectivity index (χ0v) is 17.7. The van der Waals surface area contributed by atoms with Gasteiger partial charge < -0.3 is 16.4 Å². The quantitative estimate of drug-likeness (QED) is 0.405. The highest BCUT2D eigenvalue weighted by molar-refractivity contribution is 7.15. The fourth-order valence-corrected chi connectivity index (χ4v) is 4.52. The van der Waals surface area contributed by atoms with Crippen LogP contribution in [0.2, 0.25) is 0 Å². The summed E-state index contributed by atoms with van der Waals surface area (Å²) in [7, 11) is 1.96. The second-order valence-electron chi connectivity index (χ2n) is 7.19. The summed E-state index contributed by atoms with van der Waals surface area (Å²) < 4.78 is 0. The molecular formula is C23H25N5S.